The van der Waals surface area contributed by atoms with E-state index in [1.54, 1.807) is 14.0 Å². The molecule has 94 valence electrons. The smallest absolute Gasteiger partial charge is 0.240 e. The van der Waals surface area contributed by atoms with Crippen molar-refractivity contribution in [3.63, 3.8) is 0 Å². The summed E-state index contributed by atoms with van der Waals surface area (Å²) in [7, 11) is 1.55. The molecule has 0 saturated heterocycles. The van der Waals surface area contributed by atoms with Crippen LogP contribution in [0.4, 0.5) is 0 Å². The number of nitrogens with two attached hydrogens (primary N) is 1. The van der Waals surface area contributed by atoms with E-state index in [-0.39, 0.29) is 18.4 Å². The van der Waals surface area contributed by atoms with Crippen LogP contribution in [-0.4, -0.2) is 44.2 Å². The fourth-order valence-corrected chi connectivity index (χ4v) is 0.878. The van der Waals surface area contributed by atoms with Gasteiger partial charge in [-0.1, -0.05) is 6.92 Å². The largest absolute Gasteiger partial charge is 0.383 e. The summed E-state index contributed by atoms with van der Waals surface area (Å²) in [5.41, 5.74) is 4.78. The molecular weight excluding hydrogens is 210 g/mol. The third-order valence-corrected chi connectivity index (χ3v) is 2.29. The predicted molar refractivity (Wildman–Crippen MR) is 60.8 cm³/mol. The van der Waals surface area contributed by atoms with Gasteiger partial charge in [-0.25, -0.2) is 0 Å². The van der Waals surface area contributed by atoms with Crippen molar-refractivity contribution in [1.82, 2.24) is 10.6 Å². The zero-order valence-corrected chi connectivity index (χ0v) is 10.1. The summed E-state index contributed by atoms with van der Waals surface area (Å²) in [5.74, 6) is -0.575. The van der Waals surface area contributed by atoms with Crippen LogP contribution in [0.2, 0.25) is 0 Å². The highest BCUT2D eigenvalue weighted by atomic mass is 16.5. The molecule has 1 atom stereocenters. The molecule has 0 aromatic heterocycles. The van der Waals surface area contributed by atoms with Gasteiger partial charge in [-0.05, 0) is 13.3 Å². The molecule has 0 aliphatic rings. The van der Waals surface area contributed by atoms with E-state index in [0.717, 1.165) is 0 Å². The standard InChI is InChI=1S/C10H21N3O3/c1-4-10(2,11)9(15)13-7-8(14)12-5-6-16-3/h4-7,11H2,1-3H3,(H,12,14)(H,13,15). The van der Waals surface area contributed by atoms with Gasteiger partial charge in [0.25, 0.3) is 0 Å². The number of amides is 2. The molecule has 0 heterocycles. The Kier molecular flexibility index (Phi) is 6.67. The van der Waals surface area contributed by atoms with Crippen LogP contribution < -0.4 is 16.4 Å². The summed E-state index contributed by atoms with van der Waals surface area (Å²) in [5, 5.41) is 5.07. The van der Waals surface area contributed by atoms with Gasteiger partial charge in [-0.15, -0.1) is 0 Å². The second kappa shape index (κ2) is 7.19. The van der Waals surface area contributed by atoms with Gasteiger partial charge in [0, 0.05) is 13.7 Å². The molecule has 0 aliphatic carbocycles. The van der Waals surface area contributed by atoms with E-state index >= 15 is 0 Å². The molecule has 6 nitrogen and oxygen atoms in total. The molecule has 0 fully saturated rings. The molecule has 6 heteroatoms. The number of rotatable bonds is 7. The first-order valence-electron chi connectivity index (χ1n) is 5.27. The van der Waals surface area contributed by atoms with Gasteiger partial charge < -0.3 is 21.1 Å². The molecule has 0 aromatic carbocycles. The van der Waals surface area contributed by atoms with Crippen LogP contribution in [-0.2, 0) is 14.3 Å². The van der Waals surface area contributed by atoms with E-state index in [1.165, 1.54) is 0 Å². The van der Waals surface area contributed by atoms with E-state index in [1.807, 2.05) is 6.92 Å². The second-order valence-corrected chi connectivity index (χ2v) is 3.80. The molecule has 0 bridgehead atoms. The second-order valence-electron chi connectivity index (χ2n) is 3.80. The Bertz CT molecular complexity index is 241. The lowest BCUT2D eigenvalue weighted by molar-refractivity contribution is -0.129. The van der Waals surface area contributed by atoms with E-state index in [0.29, 0.717) is 19.6 Å². The van der Waals surface area contributed by atoms with E-state index in [4.69, 9.17) is 10.5 Å². The third kappa shape index (κ3) is 5.67. The average molecular weight is 231 g/mol. The highest BCUT2D eigenvalue weighted by Crippen LogP contribution is 2.03. The lowest BCUT2D eigenvalue weighted by Gasteiger charge is -2.21. The minimum absolute atomic E-state index is 0.0602. The van der Waals surface area contributed by atoms with Crippen LogP contribution in [0.3, 0.4) is 0 Å². The number of carbonyl (C=O) groups is 2. The Labute approximate surface area is 95.9 Å². The lowest BCUT2D eigenvalue weighted by Crippen LogP contribution is -2.53. The fourth-order valence-electron chi connectivity index (χ4n) is 0.878. The molecule has 2 amide bonds. The Hall–Kier alpha value is -1.14. The average Bonchev–Trinajstić information content (AvgIpc) is 2.26. The van der Waals surface area contributed by atoms with Crippen molar-refractivity contribution >= 4 is 11.8 Å². The molecule has 0 rings (SSSR count). The Morgan fingerprint density at radius 3 is 2.50 bits per heavy atom. The minimum Gasteiger partial charge on any atom is -0.383 e. The Morgan fingerprint density at radius 2 is 2.00 bits per heavy atom. The van der Waals surface area contributed by atoms with Crippen LogP contribution in [0.15, 0.2) is 0 Å². The summed E-state index contributed by atoms with van der Waals surface area (Å²) >= 11 is 0. The summed E-state index contributed by atoms with van der Waals surface area (Å²) in [4.78, 5) is 22.7. The first kappa shape index (κ1) is 14.9. The molecular formula is C10H21N3O3. The van der Waals surface area contributed by atoms with E-state index < -0.39 is 5.54 Å². The number of methoxy groups -OCH3 is 1. The maximum atomic E-state index is 11.5. The van der Waals surface area contributed by atoms with Gasteiger partial charge in [0.15, 0.2) is 0 Å². The predicted octanol–water partition coefficient (Wildman–Crippen LogP) is -1.01. The van der Waals surface area contributed by atoms with E-state index in [9.17, 15) is 9.59 Å². The van der Waals surface area contributed by atoms with Crippen LogP contribution >= 0.6 is 0 Å². The number of ether oxygens (including phenoxy) is 1. The first-order chi connectivity index (χ1) is 7.44. The molecule has 0 aromatic rings. The molecule has 0 saturated carbocycles. The minimum atomic E-state index is -0.924. The van der Waals surface area contributed by atoms with Crippen LogP contribution in [0.1, 0.15) is 20.3 Å². The van der Waals surface area contributed by atoms with Gasteiger partial charge in [-0.3, -0.25) is 9.59 Å². The zero-order chi connectivity index (χ0) is 12.6. The monoisotopic (exact) mass is 231 g/mol. The van der Waals surface area contributed by atoms with Crippen molar-refractivity contribution in [3.8, 4) is 0 Å². The maximum absolute atomic E-state index is 11.5. The van der Waals surface area contributed by atoms with E-state index in [2.05, 4.69) is 10.6 Å². The Morgan fingerprint density at radius 1 is 1.38 bits per heavy atom. The SMILES string of the molecule is CCC(C)(N)C(=O)NCC(=O)NCCOC. The summed E-state index contributed by atoms with van der Waals surface area (Å²) in [6, 6.07) is 0. The lowest BCUT2D eigenvalue weighted by atomic mass is 10.00. The number of hydrogen-bond acceptors (Lipinski definition) is 4. The van der Waals surface area contributed by atoms with Gasteiger partial charge in [0.1, 0.15) is 0 Å². The van der Waals surface area contributed by atoms with Crippen LogP contribution in [0.25, 0.3) is 0 Å². The fraction of sp³-hybridized carbons (Fsp3) is 0.800. The summed E-state index contributed by atoms with van der Waals surface area (Å²) in [6.07, 6.45) is 0.518. The first-order valence-corrected chi connectivity index (χ1v) is 5.27. The number of carbonyl (C=O) groups excluding carboxylic acids is 2. The number of hydrogen-bond donors (Lipinski definition) is 3. The third-order valence-electron chi connectivity index (χ3n) is 2.29. The molecule has 0 radical (unpaired) electrons. The van der Waals surface area contributed by atoms with Gasteiger partial charge in [-0.2, -0.15) is 0 Å². The normalized spacial score (nSPS) is 14.0. The van der Waals surface area contributed by atoms with Crippen molar-refractivity contribution in [2.45, 2.75) is 25.8 Å². The molecule has 16 heavy (non-hydrogen) atoms. The van der Waals surface area contributed by atoms with Crippen molar-refractivity contribution in [1.29, 1.82) is 0 Å². The Balaban J connectivity index is 3.80. The molecule has 0 aliphatic heterocycles. The van der Waals surface area contributed by atoms with Gasteiger partial charge in [0.05, 0.1) is 18.7 Å². The highest BCUT2D eigenvalue weighted by molar-refractivity contribution is 5.89. The maximum Gasteiger partial charge on any atom is 0.240 e. The zero-order valence-electron chi connectivity index (χ0n) is 10.1. The molecule has 4 N–H and O–H groups in total. The number of nitrogens with one attached hydrogen (secondary N) is 2. The van der Waals surface area contributed by atoms with Crippen LogP contribution in [0, 0.1) is 0 Å². The van der Waals surface area contributed by atoms with Crippen molar-refractivity contribution in [2.24, 2.45) is 5.73 Å². The van der Waals surface area contributed by atoms with Crippen LogP contribution in [0.5, 0.6) is 0 Å². The topological polar surface area (TPSA) is 93.5 Å². The van der Waals surface area contributed by atoms with Gasteiger partial charge >= 0.3 is 0 Å². The molecule has 0 spiro atoms. The summed E-state index contributed by atoms with van der Waals surface area (Å²) < 4.78 is 4.77. The highest BCUT2D eigenvalue weighted by Gasteiger charge is 2.25. The van der Waals surface area contributed by atoms with Crippen molar-refractivity contribution < 1.29 is 14.3 Å². The van der Waals surface area contributed by atoms with Gasteiger partial charge in [0.2, 0.25) is 11.8 Å². The van der Waals surface area contributed by atoms with Crippen molar-refractivity contribution in [3.05, 3.63) is 0 Å². The molecule has 1 unspecified atom stereocenters. The summed E-state index contributed by atoms with van der Waals surface area (Å²) in [6.45, 7) is 4.26. The van der Waals surface area contributed by atoms with Crippen molar-refractivity contribution in [2.75, 3.05) is 26.8 Å². The quantitative estimate of drug-likeness (QED) is 0.490.